The van der Waals surface area contributed by atoms with Gasteiger partial charge in [-0.25, -0.2) is 4.57 Å². The molecule has 5 heteroatoms. The summed E-state index contributed by atoms with van der Waals surface area (Å²) in [5, 5.41) is 0. The molecule has 0 bridgehead atoms. The number of hydrogen-bond donors (Lipinski definition) is 0. The zero-order valence-corrected chi connectivity index (χ0v) is 9.54. The lowest BCUT2D eigenvalue weighted by Gasteiger charge is -2.12. The minimum Gasteiger partial charge on any atom is -0.285 e. The third-order valence-electron chi connectivity index (χ3n) is 1.13. The van der Waals surface area contributed by atoms with E-state index in [4.69, 9.17) is 0 Å². The predicted octanol–water partition coefficient (Wildman–Crippen LogP) is 2.87. The summed E-state index contributed by atoms with van der Waals surface area (Å²) in [4.78, 5) is 11.0. The maximum Gasteiger partial charge on any atom is 0.502 e. The molecular formula is C8H18O4P. The van der Waals surface area contributed by atoms with Crippen LogP contribution in [0.5, 0.6) is 0 Å². The van der Waals surface area contributed by atoms with Gasteiger partial charge in [-0.2, -0.15) is 0 Å². The lowest BCUT2D eigenvalue weighted by molar-refractivity contribution is 0.108. The minimum absolute atomic E-state index is 0.179. The van der Waals surface area contributed by atoms with Crippen molar-refractivity contribution in [2.24, 2.45) is 11.8 Å². The van der Waals surface area contributed by atoms with Crippen molar-refractivity contribution in [2.45, 2.75) is 27.7 Å². The summed E-state index contributed by atoms with van der Waals surface area (Å²) in [5.74, 6) is 0.370. The van der Waals surface area contributed by atoms with Crippen LogP contribution in [0.4, 0.5) is 0 Å². The van der Waals surface area contributed by atoms with Crippen LogP contribution in [0.1, 0.15) is 27.7 Å². The first-order valence-electron chi connectivity index (χ1n) is 4.43. The number of rotatable bonds is 6. The highest BCUT2D eigenvalue weighted by molar-refractivity contribution is 7.47. The number of hydrogen-bond acceptors (Lipinski definition) is 3. The molecule has 0 aromatic heterocycles. The maximum absolute atomic E-state index is 11.0. The molecule has 0 spiro atoms. The van der Waals surface area contributed by atoms with Gasteiger partial charge in [0, 0.05) is 0 Å². The summed E-state index contributed by atoms with van der Waals surface area (Å²) < 4.78 is 20.3. The normalized spacial score (nSPS) is 12.8. The zero-order valence-electron chi connectivity index (χ0n) is 8.65. The van der Waals surface area contributed by atoms with E-state index >= 15 is 0 Å². The van der Waals surface area contributed by atoms with Gasteiger partial charge in [0.05, 0.1) is 13.2 Å². The fourth-order valence-electron chi connectivity index (χ4n) is 0.518. The average molecular weight is 209 g/mol. The first-order chi connectivity index (χ1) is 5.83. The summed E-state index contributed by atoms with van der Waals surface area (Å²) >= 11 is 0. The highest BCUT2D eigenvalue weighted by atomic mass is 31.2. The second kappa shape index (κ2) is 5.76. The third kappa shape index (κ3) is 8.44. The van der Waals surface area contributed by atoms with E-state index in [2.05, 4.69) is 9.05 Å². The second-order valence-electron chi connectivity index (χ2n) is 3.83. The van der Waals surface area contributed by atoms with E-state index in [-0.39, 0.29) is 25.0 Å². The second-order valence-corrected chi connectivity index (χ2v) is 5.24. The highest BCUT2D eigenvalue weighted by Gasteiger charge is 2.24. The van der Waals surface area contributed by atoms with Crippen LogP contribution >= 0.6 is 7.82 Å². The van der Waals surface area contributed by atoms with Crippen LogP contribution in [0.15, 0.2) is 0 Å². The first kappa shape index (κ1) is 13.1. The van der Waals surface area contributed by atoms with Gasteiger partial charge in [-0.15, -0.1) is 4.89 Å². The minimum atomic E-state index is -4.05. The Bertz CT molecular complexity index is 163. The van der Waals surface area contributed by atoms with Gasteiger partial charge >= 0.3 is 7.82 Å². The van der Waals surface area contributed by atoms with E-state index in [1.54, 1.807) is 0 Å². The molecule has 1 radical (unpaired) electrons. The summed E-state index contributed by atoms with van der Waals surface area (Å²) in [6.07, 6.45) is 0. The van der Waals surface area contributed by atoms with Crippen molar-refractivity contribution in [3.05, 3.63) is 0 Å². The van der Waals surface area contributed by atoms with Gasteiger partial charge < -0.3 is 0 Å². The monoisotopic (exact) mass is 209 g/mol. The molecule has 0 aliphatic rings. The summed E-state index contributed by atoms with van der Waals surface area (Å²) in [6.45, 7) is 7.87. The molecule has 0 aliphatic carbocycles. The van der Waals surface area contributed by atoms with Crippen molar-refractivity contribution >= 4 is 7.82 Å². The van der Waals surface area contributed by atoms with Gasteiger partial charge in [0.2, 0.25) is 0 Å². The first-order valence-corrected chi connectivity index (χ1v) is 5.89. The molecule has 0 N–H and O–H groups in total. The Morgan fingerprint density at radius 2 is 1.31 bits per heavy atom. The Morgan fingerprint density at radius 1 is 1.00 bits per heavy atom. The lowest BCUT2D eigenvalue weighted by Crippen LogP contribution is -2.05. The van der Waals surface area contributed by atoms with E-state index < -0.39 is 7.82 Å². The van der Waals surface area contributed by atoms with Crippen molar-refractivity contribution in [1.29, 1.82) is 0 Å². The molecule has 0 aromatic rings. The molecule has 0 atom stereocenters. The molecule has 79 valence electrons. The van der Waals surface area contributed by atoms with E-state index in [0.717, 1.165) is 0 Å². The van der Waals surface area contributed by atoms with E-state index in [0.29, 0.717) is 0 Å². The molecule has 0 aromatic carbocycles. The summed E-state index contributed by atoms with van der Waals surface area (Å²) in [5.41, 5.74) is 0. The molecule has 0 saturated heterocycles. The fraction of sp³-hybridized carbons (Fsp3) is 1.00. The van der Waals surface area contributed by atoms with Gasteiger partial charge in [0.15, 0.2) is 0 Å². The van der Waals surface area contributed by atoms with Crippen LogP contribution in [-0.4, -0.2) is 13.2 Å². The fourth-order valence-corrected chi connectivity index (χ4v) is 1.55. The predicted molar refractivity (Wildman–Crippen MR) is 49.9 cm³/mol. The summed E-state index contributed by atoms with van der Waals surface area (Å²) in [6, 6.07) is 0. The van der Waals surface area contributed by atoms with E-state index in [1.807, 2.05) is 27.7 Å². The Hall–Kier alpha value is 0.110. The van der Waals surface area contributed by atoms with Gasteiger partial charge in [-0.3, -0.25) is 9.05 Å². The molecule has 0 heterocycles. The van der Waals surface area contributed by atoms with E-state index in [9.17, 15) is 9.46 Å². The van der Waals surface area contributed by atoms with Crippen molar-refractivity contribution in [3.8, 4) is 0 Å². The Balaban J connectivity index is 3.74. The Morgan fingerprint density at radius 3 is 1.54 bits per heavy atom. The highest BCUT2D eigenvalue weighted by Crippen LogP contribution is 2.45. The van der Waals surface area contributed by atoms with Crippen molar-refractivity contribution in [1.82, 2.24) is 0 Å². The smallest absolute Gasteiger partial charge is 0.285 e. The molecule has 0 amide bonds. The third-order valence-corrected chi connectivity index (χ3v) is 2.06. The molecule has 0 saturated carbocycles. The molecular weight excluding hydrogens is 191 g/mol. The van der Waals surface area contributed by atoms with Crippen molar-refractivity contribution in [3.63, 3.8) is 0 Å². The lowest BCUT2D eigenvalue weighted by atomic mass is 10.2. The molecule has 0 rings (SSSR count). The molecule has 0 fully saturated rings. The SMILES string of the molecule is CC(C)COP([O])(=O)OCC(C)C. The van der Waals surface area contributed by atoms with Crippen LogP contribution < -0.4 is 0 Å². The topological polar surface area (TPSA) is 55.4 Å². The Kier molecular flexibility index (Phi) is 5.81. The van der Waals surface area contributed by atoms with E-state index in [1.165, 1.54) is 0 Å². The van der Waals surface area contributed by atoms with Crippen LogP contribution in [-0.2, 0) is 18.5 Å². The standard InChI is InChI=1S/C8H18O4P/c1-7(2)5-11-13(9,10)12-6-8(3)4/h7-8H,5-6H2,1-4H3. The molecule has 13 heavy (non-hydrogen) atoms. The molecule has 0 aliphatic heterocycles. The average Bonchev–Trinajstić information content (AvgIpc) is 1.98. The van der Waals surface area contributed by atoms with Crippen LogP contribution in [0.25, 0.3) is 0 Å². The van der Waals surface area contributed by atoms with Gasteiger partial charge in [0.25, 0.3) is 0 Å². The van der Waals surface area contributed by atoms with Crippen molar-refractivity contribution in [2.75, 3.05) is 13.2 Å². The Labute approximate surface area is 79.9 Å². The van der Waals surface area contributed by atoms with Crippen LogP contribution in [0.3, 0.4) is 0 Å². The largest absolute Gasteiger partial charge is 0.502 e. The van der Waals surface area contributed by atoms with Crippen LogP contribution in [0, 0.1) is 11.8 Å². The molecule has 4 nitrogen and oxygen atoms in total. The summed E-state index contributed by atoms with van der Waals surface area (Å²) in [7, 11) is -4.05. The van der Waals surface area contributed by atoms with Gasteiger partial charge in [-0.1, -0.05) is 27.7 Å². The maximum atomic E-state index is 11.0. The van der Waals surface area contributed by atoms with Crippen molar-refractivity contribution < 1.29 is 18.5 Å². The van der Waals surface area contributed by atoms with Gasteiger partial charge in [0.1, 0.15) is 0 Å². The van der Waals surface area contributed by atoms with Crippen LogP contribution in [0.2, 0.25) is 0 Å². The quantitative estimate of drug-likeness (QED) is 0.632. The zero-order chi connectivity index (χ0) is 10.5. The van der Waals surface area contributed by atoms with Gasteiger partial charge in [-0.05, 0) is 11.8 Å². The molecule has 0 unspecified atom stereocenters.